The van der Waals surface area contributed by atoms with E-state index in [4.69, 9.17) is 4.74 Å². The standard InChI is InChI=1S/C27H24FN3O6S2/c1-4-37-25(35)14-5-9-16(10-6-14)29-18(32)13-30-24-21(39-26(30)36)27(2,3)19-20(38-24)23(34)31(22(19)33)17-11-7-15(28)8-12-17/h5-12,19-20H,4,13H2,1-3H3,(H,29,32)/t19-,20+/m1/s1. The molecule has 0 saturated carbocycles. The number of fused-ring (bicyclic) bond motifs is 2. The first kappa shape index (κ1) is 26.8. The summed E-state index contributed by atoms with van der Waals surface area (Å²) in [7, 11) is 0. The normalized spacial score (nSPS) is 19.4. The average Bonchev–Trinajstić information content (AvgIpc) is 3.34. The molecular formula is C27H24FN3O6S2. The Kier molecular flexibility index (Phi) is 6.93. The second-order valence-electron chi connectivity index (χ2n) is 9.66. The summed E-state index contributed by atoms with van der Waals surface area (Å²) in [4.78, 5) is 65.9. The van der Waals surface area contributed by atoms with Gasteiger partial charge in [-0.25, -0.2) is 14.1 Å². The highest BCUT2D eigenvalue weighted by atomic mass is 32.2. The second kappa shape index (κ2) is 10.1. The molecule has 0 radical (unpaired) electrons. The molecule has 0 spiro atoms. The van der Waals surface area contributed by atoms with Crippen LogP contribution in [0.4, 0.5) is 15.8 Å². The van der Waals surface area contributed by atoms with Crippen molar-refractivity contribution in [3.63, 3.8) is 0 Å². The fourth-order valence-electron chi connectivity index (χ4n) is 4.86. The molecule has 2 aliphatic rings. The molecule has 1 saturated heterocycles. The number of nitrogens with zero attached hydrogens (tertiary/aromatic N) is 2. The third kappa shape index (κ3) is 4.67. The largest absolute Gasteiger partial charge is 0.462 e. The Labute approximate surface area is 231 Å². The minimum atomic E-state index is -0.860. The SMILES string of the molecule is CCOC(=O)c1ccc(NC(=O)Cn2c3c(sc2=O)C(C)(C)[C@H]2C(=O)N(c4ccc(F)cc4)C(=O)[C@H]2S3)cc1. The van der Waals surface area contributed by atoms with Crippen molar-refractivity contribution in [2.24, 2.45) is 5.92 Å². The molecule has 0 bridgehead atoms. The number of hydrogen-bond acceptors (Lipinski definition) is 8. The van der Waals surface area contributed by atoms with Crippen LogP contribution in [-0.4, -0.2) is 40.1 Å². The van der Waals surface area contributed by atoms with Gasteiger partial charge >= 0.3 is 10.8 Å². The maximum atomic E-state index is 13.5. The van der Waals surface area contributed by atoms with Gasteiger partial charge in [-0.05, 0) is 55.5 Å². The van der Waals surface area contributed by atoms with Crippen LogP contribution in [0.2, 0.25) is 0 Å². The number of halogens is 1. The quantitative estimate of drug-likeness (QED) is 0.355. The lowest BCUT2D eigenvalue weighted by Gasteiger charge is -2.36. The molecule has 3 aromatic rings. The zero-order chi connectivity index (χ0) is 28.1. The van der Waals surface area contributed by atoms with Gasteiger partial charge in [0.1, 0.15) is 17.6 Å². The highest BCUT2D eigenvalue weighted by molar-refractivity contribution is 8.00. The summed E-state index contributed by atoms with van der Waals surface area (Å²) in [5.74, 6) is -3.01. The number of thioether (sulfide) groups is 1. The fraction of sp³-hybridized carbons (Fsp3) is 0.296. The Morgan fingerprint density at radius 2 is 1.69 bits per heavy atom. The monoisotopic (exact) mass is 569 g/mol. The number of benzene rings is 2. The Morgan fingerprint density at radius 3 is 2.33 bits per heavy atom. The van der Waals surface area contributed by atoms with E-state index in [0.717, 1.165) is 28.0 Å². The molecular weight excluding hydrogens is 545 g/mol. The minimum Gasteiger partial charge on any atom is -0.462 e. The third-order valence-corrected chi connectivity index (χ3v) is 9.59. The summed E-state index contributed by atoms with van der Waals surface area (Å²) in [6.07, 6.45) is 0. The Hall–Kier alpha value is -3.77. The van der Waals surface area contributed by atoms with E-state index in [1.54, 1.807) is 19.1 Å². The number of carbonyl (C=O) groups excluding carboxylic acids is 4. The smallest absolute Gasteiger partial charge is 0.338 e. The van der Waals surface area contributed by atoms with Crippen LogP contribution in [0, 0.1) is 11.7 Å². The number of rotatable bonds is 6. The first-order valence-electron chi connectivity index (χ1n) is 12.1. The van der Waals surface area contributed by atoms with E-state index in [9.17, 15) is 28.4 Å². The molecule has 3 heterocycles. The van der Waals surface area contributed by atoms with Crippen LogP contribution in [0.3, 0.4) is 0 Å². The minimum absolute atomic E-state index is 0.248. The van der Waals surface area contributed by atoms with Crippen molar-refractivity contribution in [2.75, 3.05) is 16.8 Å². The van der Waals surface area contributed by atoms with E-state index in [1.807, 2.05) is 13.8 Å². The Morgan fingerprint density at radius 1 is 1.03 bits per heavy atom. The van der Waals surface area contributed by atoms with Gasteiger partial charge in [-0.2, -0.15) is 0 Å². The number of esters is 1. The average molecular weight is 570 g/mol. The molecule has 0 unspecified atom stereocenters. The van der Waals surface area contributed by atoms with Gasteiger partial charge in [0.15, 0.2) is 0 Å². The van der Waals surface area contributed by atoms with Gasteiger partial charge in [0.2, 0.25) is 17.7 Å². The lowest BCUT2D eigenvalue weighted by Crippen LogP contribution is -2.41. The molecule has 1 aromatic heterocycles. The number of amides is 3. The Balaban J connectivity index is 1.39. The topological polar surface area (TPSA) is 115 Å². The molecule has 0 aliphatic carbocycles. The van der Waals surface area contributed by atoms with Crippen molar-refractivity contribution in [2.45, 2.75) is 43.0 Å². The maximum absolute atomic E-state index is 13.5. The molecule has 1 N–H and O–H groups in total. The van der Waals surface area contributed by atoms with E-state index >= 15 is 0 Å². The van der Waals surface area contributed by atoms with Crippen molar-refractivity contribution in [1.82, 2.24) is 4.57 Å². The number of ether oxygens (including phenoxy) is 1. The van der Waals surface area contributed by atoms with E-state index in [0.29, 0.717) is 21.2 Å². The van der Waals surface area contributed by atoms with E-state index in [2.05, 4.69) is 5.32 Å². The molecule has 39 heavy (non-hydrogen) atoms. The van der Waals surface area contributed by atoms with Crippen molar-refractivity contribution in [1.29, 1.82) is 0 Å². The van der Waals surface area contributed by atoms with Crippen LogP contribution in [0.15, 0.2) is 58.4 Å². The summed E-state index contributed by atoms with van der Waals surface area (Å²) < 4.78 is 19.7. The molecule has 2 aromatic carbocycles. The summed E-state index contributed by atoms with van der Waals surface area (Å²) in [5.41, 5.74) is 0.203. The van der Waals surface area contributed by atoms with Gasteiger partial charge in [-0.1, -0.05) is 36.9 Å². The predicted octanol–water partition coefficient (Wildman–Crippen LogP) is 3.81. The summed E-state index contributed by atoms with van der Waals surface area (Å²) in [6.45, 7) is 5.28. The highest BCUT2D eigenvalue weighted by Gasteiger charge is 2.59. The number of imide groups is 1. The highest BCUT2D eigenvalue weighted by Crippen LogP contribution is 2.54. The summed E-state index contributed by atoms with van der Waals surface area (Å²) in [6, 6.07) is 11.3. The first-order valence-corrected chi connectivity index (χ1v) is 13.8. The first-order chi connectivity index (χ1) is 18.5. The third-order valence-electron chi connectivity index (χ3n) is 6.77. The van der Waals surface area contributed by atoms with Crippen LogP contribution in [0.5, 0.6) is 0 Å². The van der Waals surface area contributed by atoms with Crippen LogP contribution >= 0.6 is 23.1 Å². The molecule has 3 amide bonds. The van der Waals surface area contributed by atoms with Crippen LogP contribution in [-0.2, 0) is 31.1 Å². The van der Waals surface area contributed by atoms with Gasteiger partial charge in [0.25, 0.3) is 0 Å². The fourth-order valence-corrected chi connectivity index (χ4v) is 7.90. The predicted molar refractivity (Wildman–Crippen MR) is 145 cm³/mol. The molecule has 12 heteroatoms. The molecule has 5 rings (SSSR count). The van der Waals surface area contributed by atoms with Gasteiger partial charge < -0.3 is 10.1 Å². The number of thiazole rings is 1. The number of hydrogen-bond donors (Lipinski definition) is 1. The van der Waals surface area contributed by atoms with Crippen molar-refractivity contribution >= 4 is 58.2 Å². The summed E-state index contributed by atoms with van der Waals surface area (Å²) in [5, 5.41) is 2.39. The van der Waals surface area contributed by atoms with Crippen LogP contribution in [0.25, 0.3) is 0 Å². The van der Waals surface area contributed by atoms with Gasteiger partial charge in [-0.3, -0.25) is 23.7 Å². The summed E-state index contributed by atoms with van der Waals surface area (Å²) >= 11 is 2.06. The van der Waals surface area contributed by atoms with Gasteiger partial charge in [0, 0.05) is 16.0 Å². The zero-order valence-corrected chi connectivity index (χ0v) is 22.9. The van der Waals surface area contributed by atoms with Gasteiger partial charge in [0.05, 0.1) is 28.8 Å². The van der Waals surface area contributed by atoms with Gasteiger partial charge in [-0.15, -0.1) is 0 Å². The van der Waals surface area contributed by atoms with E-state index in [-0.39, 0.29) is 23.7 Å². The zero-order valence-electron chi connectivity index (χ0n) is 21.2. The Bertz CT molecular complexity index is 1540. The number of anilines is 2. The molecule has 202 valence electrons. The lowest BCUT2D eigenvalue weighted by atomic mass is 9.76. The number of carbonyl (C=O) groups is 4. The van der Waals surface area contributed by atoms with Crippen molar-refractivity contribution < 1.29 is 28.3 Å². The van der Waals surface area contributed by atoms with Crippen LogP contribution < -0.4 is 15.1 Å². The lowest BCUT2D eigenvalue weighted by molar-refractivity contribution is -0.123. The molecule has 9 nitrogen and oxygen atoms in total. The van der Waals surface area contributed by atoms with Crippen molar-refractivity contribution in [3.8, 4) is 0 Å². The van der Waals surface area contributed by atoms with E-state index in [1.165, 1.54) is 41.0 Å². The molecule has 2 aliphatic heterocycles. The molecule has 1 fully saturated rings. The van der Waals surface area contributed by atoms with Crippen LogP contribution in [0.1, 0.15) is 36.0 Å². The maximum Gasteiger partial charge on any atom is 0.338 e. The number of aromatic nitrogens is 1. The molecule has 2 atom stereocenters. The van der Waals surface area contributed by atoms with Crippen molar-refractivity contribution in [3.05, 3.63) is 74.5 Å². The van der Waals surface area contributed by atoms with E-state index < -0.39 is 46.1 Å². The second-order valence-corrected chi connectivity index (χ2v) is 11.8. The number of nitrogens with one attached hydrogen (secondary N) is 1.